The van der Waals surface area contributed by atoms with Gasteiger partial charge in [0.1, 0.15) is 10.1 Å². The number of piperidine rings is 1. The molecule has 0 amide bonds. The Bertz CT molecular complexity index is 1220. The first-order valence-corrected chi connectivity index (χ1v) is 13.6. The molecule has 2 aliphatic rings. The zero-order chi connectivity index (χ0) is 23.0. The van der Waals surface area contributed by atoms with E-state index in [2.05, 4.69) is 43.4 Å². The topological polar surface area (TPSA) is 162 Å². The summed E-state index contributed by atoms with van der Waals surface area (Å²) in [6.45, 7) is 3.10. The first kappa shape index (κ1) is 22.4. The Balaban J connectivity index is 1.64. The molecular formula is C21H25N7O3S2. The summed E-state index contributed by atoms with van der Waals surface area (Å²) in [5.74, 6) is 0.583. The van der Waals surface area contributed by atoms with E-state index in [9.17, 15) is 13.0 Å². The molecule has 1 aromatic heterocycles. The predicted octanol–water partition coefficient (Wildman–Crippen LogP) is 0.728. The number of nitrogens with zero attached hydrogens (tertiary/aromatic N) is 3. The van der Waals surface area contributed by atoms with Crippen molar-refractivity contribution >= 4 is 21.2 Å². The van der Waals surface area contributed by atoms with Crippen molar-refractivity contribution < 1.29 is 13.0 Å². The van der Waals surface area contributed by atoms with E-state index < -0.39 is 21.2 Å². The number of primary sulfonamides is 1. The molecule has 3 heterocycles. The van der Waals surface area contributed by atoms with Gasteiger partial charge in [-0.15, -0.1) is 10.2 Å². The van der Waals surface area contributed by atoms with E-state index in [1.54, 1.807) is 12.1 Å². The van der Waals surface area contributed by atoms with E-state index >= 15 is 0 Å². The number of rotatable bonds is 6. The van der Waals surface area contributed by atoms with E-state index in [4.69, 9.17) is 5.14 Å². The van der Waals surface area contributed by atoms with Gasteiger partial charge in [0.2, 0.25) is 15.8 Å². The van der Waals surface area contributed by atoms with Gasteiger partial charge in [-0.2, -0.15) is 5.21 Å². The number of aromatic nitrogens is 4. The minimum Gasteiger partial charge on any atom is -0.611 e. The Labute approximate surface area is 195 Å². The molecule has 2 aliphatic heterocycles. The Morgan fingerprint density at radius 1 is 1.03 bits per heavy atom. The summed E-state index contributed by atoms with van der Waals surface area (Å²) in [4.78, 5) is -0.0482. The monoisotopic (exact) mass is 487 g/mol. The van der Waals surface area contributed by atoms with Crippen LogP contribution >= 0.6 is 0 Å². The highest BCUT2D eigenvalue weighted by Gasteiger charge is 2.37. The third-order valence-electron chi connectivity index (χ3n) is 6.27. The van der Waals surface area contributed by atoms with Crippen LogP contribution in [0.25, 0.3) is 22.5 Å². The molecule has 12 heteroatoms. The summed E-state index contributed by atoms with van der Waals surface area (Å²) in [6, 6.07) is 11.4. The van der Waals surface area contributed by atoms with Crippen LogP contribution in [0.1, 0.15) is 24.3 Å². The summed E-state index contributed by atoms with van der Waals surface area (Å²) in [7, 11) is -4.25. The maximum absolute atomic E-state index is 13.2. The SMILES string of the molecule is NS(=O)(=O)c1c([S+]([O-])C2CNC2)ccc(-c2ccc(C3CCNCC3)cc2)c1-c1nn[nH]n1. The highest BCUT2D eigenvalue weighted by Crippen LogP contribution is 2.40. The minimum atomic E-state index is -4.25. The number of aromatic amines is 1. The zero-order valence-electron chi connectivity index (χ0n) is 17.8. The first-order valence-electron chi connectivity index (χ1n) is 10.8. The van der Waals surface area contributed by atoms with Gasteiger partial charge < -0.3 is 15.2 Å². The van der Waals surface area contributed by atoms with E-state index in [-0.39, 0.29) is 26.4 Å². The molecule has 2 fully saturated rings. The lowest BCUT2D eigenvalue weighted by atomic mass is 9.89. The number of tetrazole rings is 1. The highest BCUT2D eigenvalue weighted by molar-refractivity contribution is 7.94. The van der Waals surface area contributed by atoms with Gasteiger partial charge >= 0.3 is 0 Å². The molecule has 1 atom stereocenters. The van der Waals surface area contributed by atoms with Crippen LogP contribution < -0.4 is 15.8 Å². The fraction of sp³-hybridized carbons (Fsp3) is 0.381. The first-order chi connectivity index (χ1) is 15.9. The van der Waals surface area contributed by atoms with Crippen molar-refractivity contribution in [2.24, 2.45) is 5.14 Å². The Kier molecular flexibility index (Phi) is 6.20. The van der Waals surface area contributed by atoms with Gasteiger partial charge in [-0.1, -0.05) is 24.3 Å². The van der Waals surface area contributed by atoms with Crippen molar-refractivity contribution in [1.29, 1.82) is 0 Å². The second kappa shape index (κ2) is 9.12. The van der Waals surface area contributed by atoms with Crippen LogP contribution in [-0.4, -0.2) is 65.0 Å². The average molecular weight is 488 g/mol. The van der Waals surface area contributed by atoms with Crippen LogP contribution in [-0.2, 0) is 21.2 Å². The normalized spacial score (nSPS) is 18.7. The molecule has 5 N–H and O–H groups in total. The van der Waals surface area contributed by atoms with Gasteiger partial charge in [-0.3, -0.25) is 0 Å². The summed E-state index contributed by atoms with van der Waals surface area (Å²) in [6.07, 6.45) is 2.17. The zero-order valence-corrected chi connectivity index (χ0v) is 19.5. The molecule has 2 saturated heterocycles. The third-order valence-corrected chi connectivity index (χ3v) is 9.11. The molecule has 3 aromatic rings. The second-order valence-corrected chi connectivity index (χ2v) is 11.5. The molecule has 1 unspecified atom stereocenters. The van der Waals surface area contributed by atoms with Gasteiger partial charge in [-0.25, -0.2) is 13.6 Å². The third kappa shape index (κ3) is 4.42. The van der Waals surface area contributed by atoms with Crippen LogP contribution in [0.4, 0.5) is 0 Å². The number of hydrogen-bond acceptors (Lipinski definition) is 8. The van der Waals surface area contributed by atoms with Gasteiger partial charge in [0.25, 0.3) is 0 Å². The van der Waals surface area contributed by atoms with Gasteiger partial charge in [0, 0.05) is 13.1 Å². The Hall–Kier alpha value is -2.35. The van der Waals surface area contributed by atoms with E-state index in [0.717, 1.165) is 31.5 Å². The van der Waals surface area contributed by atoms with Crippen LogP contribution in [0.15, 0.2) is 46.2 Å². The molecule has 10 nitrogen and oxygen atoms in total. The van der Waals surface area contributed by atoms with Crippen molar-refractivity contribution in [2.45, 2.75) is 33.8 Å². The maximum Gasteiger partial charge on any atom is 0.243 e. The van der Waals surface area contributed by atoms with E-state index in [0.29, 0.717) is 24.6 Å². The predicted molar refractivity (Wildman–Crippen MR) is 124 cm³/mol. The second-order valence-electron chi connectivity index (χ2n) is 8.32. The molecule has 5 rings (SSSR count). The van der Waals surface area contributed by atoms with Crippen LogP contribution in [0, 0.1) is 0 Å². The number of H-pyrrole nitrogens is 1. The quantitative estimate of drug-likeness (QED) is 0.370. The lowest BCUT2D eigenvalue weighted by Crippen LogP contribution is -2.51. The highest BCUT2D eigenvalue weighted by atomic mass is 32.2. The standard InChI is InChI=1S/C21H25N7O3S2/c22-33(30,31)20-18(32(29)16-11-24-12-16)6-5-17(19(20)21-25-27-28-26-21)15-3-1-13(2-4-15)14-7-9-23-10-8-14/h1-6,14,16,23-24H,7-12H2,(H2,22,30,31)(H,25,26,27,28). The molecule has 0 spiro atoms. The maximum atomic E-state index is 13.2. The molecule has 2 aromatic carbocycles. The minimum absolute atomic E-state index is 0.0852. The molecule has 0 radical (unpaired) electrons. The smallest absolute Gasteiger partial charge is 0.243 e. The molecule has 33 heavy (non-hydrogen) atoms. The molecule has 174 valence electrons. The molecule has 0 bridgehead atoms. The summed E-state index contributed by atoms with van der Waals surface area (Å²) in [5, 5.41) is 26.0. The number of sulfonamides is 1. The van der Waals surface area contributed by atoms with Crippen molar-refractivity contribution in [3.63, 3.8) is 0 Å². The molecule has 0 aliphatic carbocycles. The fourth-order valence-corrected chi connectivity index (χ4v) is 7.23. The van der Waals surface area contributed by atoms with Crippen LogP contribution in [0.3, 0.4) is 0 Å². The lowest BCUT2D eigenvalue weighted by Gasteiger charge is -2.30. The molecular weight excluding hydrogens is 462 g/mol. The lowest BCUT2D eigenvalue weighted by molar-refractivity contribution is 0.460. The largest absolute Gasteiger partial charge is 0.611 e. The number of nitrogens with one attached hydrogen (secondary N) is 3. The summed E-state index contributed by atoms with van der Waals surface area (Å²) in [5.41, 5.74) is 2.84. The van der Waals surface area contributed by atoms with Crippen LogP contribution in [0.2, 0.25) is 0 Å². The fourth-order valence-electron chi connectivity index (χ4n) is 4.42. The van der Waals surface area contributed by atoms with Gasteiger partial charge in [-0.05, 0) is 77.1 Å². The van der Waals surface area contributed by atoms with Gasteiger partial charge in [0.05, 0.1) is 5.56 Å². The van der Waals surface area contributed by atoms with Crippen molar-refractivity contribution in [2.75, 3.05) is 26.2 Å². The van der Waals surface area contributed by atoms with E-state index in [1.165, 1.54) is 5.56 Å². The van der Waals surface area contributed by atoms with Crippen LogP contribution in [0.5, 0.6) is 0 Å². The Morgan fingerprint density at radius 2 is 1.76 bits per heavy atom. The average Bonchev–Trinajstić information content (AvgIpc) is 3.32. The number of hydrogen-bond donors (Lipinski definition) is 4. The summed E-state index contributed by atoms with van der Waals surface area (Å²) < 4.78 is 38.7. The van der Waals surface area contributed by atoms with E-state index in [1.807, 2.05) is 12.1 Å². The van der Waals surface area contributed by atoms with Crippen molar-refractivity contribution in [1.82, 2.24) is 31.3 Å². The summed E-state index contributed by atoms with van der Waals surface area (Å²) >= 11 is -1.56. The van der Waals surface area contributed by atoms with Crippen molar-refractivity contribution in [3.8, 4) is 22.5 Å². The number of nitrogens with two attached hydrogens (primary N) is 1. The molecule has 0 saturated carbocycles. The number of benzene rings is 2. The van der Waals surface area contributed by atoms with Crippen molar-refractivity contribution in [3.05, 3.63) is 42.0 Å². The van der Waals surface area contributed by atoms with Gasteiger partial charge in [0.15, 0.2) is 4.90 Å². The Morgan fingerprint density at radius 3 is 2.33 bits per heavy atom.